The van der Waals surface area contributed by atoms with Gasteiger partial charge in [-0.25, -0.2) is 4.98 Å². The molecular formula is C22H40N4O2S. The minimum Gasteiger partial charge on any atom is -0.378 e. The smallest absolute Gasteiger partial charge is 0.194 e. The Kier molecular flexibility index (Phi) is 11.6. The van der Waals surface area contributed by atoms with E-state index in [-0.39, 0.29) is 6.10 Å². The van der Waals surface area contributed by atoms with E-state index in [2.05, 4.69) is 34.6 Å². The molecule has 0 aliphatic heterocycles. The number of aliphatic imine (C=N–C) groups is 1. The van der Waals surface area contributed by atoms with Crippen molar-refractivity contribution in [1.82, 2.24) is 15.2 Å². The fourth-order valence-corrected chi connectivity index (χ4v) is 4.37. The third kappa shape index (κ3) is 9.01. The molecule has 1 aliphatic rings. The highest BCUT2D eigenvalue weighted by Gasteiger charge is 2.14. The third-order valence-electron chi connectivity index (χ3n) is 5.34. The molecule has 1 N–H and O–H groups in total. The van der Waals surface area contributed by atoms with Crippen molar-refractivity contribution in [3.8, 4) is 0 Å². The summed E-state index contributed by atoms with van der Waals surface area (Å²) < 4.78 is 11.4. The zero-order chi connectivity index (χ0) is 20.9. The summed E-state index contributed by atoms with van der Waals surface area (Å²) in [7, 11) is 3.79. The number of hydrogen-bond acceptors (Lipinski definition) is 5. The summed E-state index contributed by atoms with van der Waals surface area (Å²) in [6, 6.07) is 0. The summed E-state index contributed by atoms with van der Waals surface area (Å²) in [6.45, 7) is 7.49. The van der Waals surface area contributed by atoms with Crippen molar-refractivity contribution in [3.05, 3.63) is 16.1 Å². The van der Waals surface area contributed by atoms with Crippen molar-refractivity contribution < 1.29 is 9.47 Å². The zero-order valence-corrected chi connectivity index (χ0v) is 19.6. The number of hydrogen-bond donors (Lipinski definition) is 1. The van der Waals surface area contributed by atoms with Gasteiger partial charge in [0.25, 0.3) is 0 Å². The molecule has 1 saturated carbocycles. The Labute approximate surface area is 181 Å². The van der Waals surface area contributed by atoms with Crippen molar-refractivity contribution in [2.24, 2.45) is 4.99 Å². The largest absolute Gasteiger partial charge is 0.378 e. The number of methoxy groups -OCH3 is 1. The van der Waals surface area contributed by atoms with Crippen LogP contribution >= 0.6 is 11.3 Å². The molecule has 0 bridgehead atoms. The molecule has 1 heterocycles. The maximum Gasteiger partial charge on any atom is 0.194 e. The molecule has 1 aliphatic carbocycles. The van der Waals surface area contributed by atoms with Crippen LogP contribution in [0.4, 0.5) is 0 Å². The topological polar surface area (TPSA) is 59.0 Å². The van der Waals surface area contributed by atoms with Gasteiger partial charge in [0.1, 0.15) is 11.1 Å². The van der Waals surface area contributed by atoms with Gasteiger partial charge in [-0.05, 0) is 46.0 Å². The molecule has 0 amide bonds. The summed E-state index contributed by atoms with van der Waals surface area (Å²) in [5, 5.41) is 6.52. The Hall–Kier alpha value is -1.18. The second kappa shape index (κ2) is 13.9. The minimum absolute atomic E-state index is 0.0445. The van der Waals surface area contributed by atoms with Crippen molar-refractivity contribution in [2.45, 2.75) is 84.0 Å². The zero-order valence-electron chi connectivity index (χ0n) is 18.8. The Bertz CT molecular complexity index is 587. The maximum absolute atomic E-state index is 6.01. The highest BCUT2D eigenvalue weighted by molar-refractivity contribution is 7.09. The molecule has 2 rings (SSSR count). The van der Waals surface area contributed by atoms with Crippen LogP contribution in [0.15, 0.2) is 10.4 Å². The number of unbranched alkanes of at least 4 members (excludes halogenated alkanes) is 2. The van der Waals surface area contributed by atoms with Crippen LogP contribution in [-0.4, -0.2) is 55.8 Å². The second-order valence-corrected chi connectivity index (χ2v) is 8.73. The van der Waals surface area contributed by atoms with E-state index in [1.54, 1.807) is 18.4 Å². The standard InChI is InChI=1S/C22H40N4O2S/c1-5-23-22(26(3)16-19-17-29-21(25-19)18(2)27-4)24-14-10-7-11-15-28-20-12-8-6-9-13-20/h17-18,20H,5-16H2,1-4H3,(H,23,24). The van der Waals surface area contributed by atoms with E-state index in [9.17, 15) is 0 Å². The fraction of sp³-hybridized carbons (Fsp3) is 0.818. The lowest BCUT2D eigenvalue weighted by atomic mass is 9.98. The fourth-order valence-electron chi connectivity index (χ4n) is 3.53. The summed E-state index contributed by atoms with van der Waals surface area (Å²) in [4.78, 5) is 11.6. The first kappa shape index (κ1) is 24.1. The number of guanidine groups is 1. The number of ether oxygens (including phenoxy) is 2. The highest BCUT2D eigenvalue weighted by Crippen LogP contribution is 2.21. The van der Waals surface area contributed by atoms with Gasteiger partial charge in [-0.1, -0.05) is 19.3 Å². The van der Waals surface area contributed by atoms with Crippen LogP contribution in [-0.2, 0) is 16.0 Å². The quantitative estimate of drug-likeness (QED) is 0.298. The average Bonchev–Trinajstić information content (AvgIpc) is 3.20. The number of nitrogens with one attached hydrogen (secondary N) is 1. The SMILES string of the molecule is CCNC(=NCCCCCOC1CCCCC1)N(C)Cc1csc(C(C)OC)n1. The van der Waals surface area contributed by atoms with Crippen LogP contribution in [0, 0.1) is 0 Å². The normalized spacial score (nSPS) is 16.8. The molecule has 1 fully saturated rings. The van der Waals surface area contributed by atoms with E-state index in [0.717, 1.165) is 55.7 Å². The maximum atomic E-state index is 6.01. The van der Waals surface area contributed by atoms with E-state index in [1.807, 2.05) is 6.92 Å². The van der Waals surface area contributed by atoms with Gasteiger partial charge < -0.3 is 19.7 Å². The van der Waals surface area contributed by atoms with Gasteiger partial charge in [-0.15, -0.1) is 11.3 Å². The van der Waals surface area contributed by atoms with Crippen LogP contribution in [0.3, 0.4) is 0 Å². The molecule has 0 saturated heterocycles. The van der Waals surface area contributed by atoms with Crippen LogP contribution in [0.2, 0.25) is 0 Å². The molecule has 6 nitrogen and oxygen atoms in total. The Morgan fingerprint density at radius 1 is 1.31 bits per heavy atom. The molecular weight excluding hydrogens is 384 g/mol. The Balaban J connectivity index is 1.68. The van der Waals surface area contributed by atoms with E-state index < -0.39 is 0 Å². The first-order valence-electron chi connectivity index (χ1n) is 11.2. The van der Waals surface area contributed by atoms with E-state index in [4.69, 9.17) is 14.5 Å². The Morgan fingerprint density at radius 2 is 2.10 bits per heavy atom. The molecule has 0 aromatic carbocycles. The van der Waals surface area contributed by atoms with Crippen LogP contribution in [0.1, 0.15) is 82.0 Å². The number of thiazole rings is 1. The first-order valence-corrected chi connectivity index (χ1v) is 12.1. The Morgan fingerprint density at radius 3 is 2.83 bits per heavy atom. The number of aromatic nitrogens is 1. The molecule has 1 atom stereocenters. The highest BCUT2D eigenvalue weighted by atomic mass is 32.1. The lowest BCUT2D eigenvalue weighted by Gasteiger charge is -2.22. The second-order valence-electron chi connectivity index (χ2n) is 7.84. The van der Waals surface area contributed by atoms with E-state index in [1.165, 1.54) is 38.5 Å². The van der Waals surface area contributed by atoms with Gasteiger partial charge in [0, 0.05) is 39.2 Å². The number of nitrogens with zero attached hydrogens (tertiary/aromatic N) is 3. The molecule has 0 radical (unpaired) electrons. The number of rotatable bonds is 12. The molecule has 0 spiro atoms. The van der Waals surface area contributed by atoms with Gasteiger partial charge in [0.15, 0.2) is 5.96 Å². The summed E-state index contributed by atoms with van der Waals surface area (Å²) >= 11 is 1.65. The summed E-state index contributed by atoms with van der Waals surface area (Å²) in [5.41, 5.74) is 1.06. The molecule has 1 aromatic heterocycles. The lowest BCUT2D eigenvalue weighted by molar-refractivity contribution is 0.0264. The van der Waals surface area contributed by atoms with E-state index >= 15 is 0 Å². The van der Waals surface area contributed by atoms with Crippen molar-refractivity contribution >= 4 is 17.3 Å². The predicted molar refractivity (Wildman–Crippen MR) is 122 cm³/mol. The molecule has 29 heavy (non-hydrogen) atoms. The molecule has 1 unspecified atom stereocenters. The lowest BCUT2D eigenvalue weighted by Crippen LogP contribution is -2.38. The molecule has 166 valence electrons. The van der Waals surface area contributed by atoms with Gasteiger partial charge in [-0.2, -0.15) is 0 Å². The van der Waals surface area contributed by atoms with Crippen molar-refractivity contribution in [3.63, 3.8) is 0 Å². The summed E-state index contributed by atoms with van der Waals surface area (Å²) in [6.07, 6.45) is 10.6. The predicted octanol–water partition coefficient (Wildman–Crippen LogP) is 4.77. The minimum atomic E-state index is 0.0445. The third-order valence-corrected chi connectivity index (χ3v) is 6.39. The van der Waals surface area contributed by atoms with Crippen molar-refractivity contribution in [1.29, 1.82) is 0 Å². The van der Waals surface area contributed by atoms with Crippen molar-refractivity contribution in [2.75, 3.05) is 33.9 Å². The summed E-state index contributed by atoms with van der Waals surface area (Å²) in [5.74, 6) is 0.945. The van der Waals surface area contributed by atoms with Crippen LogP contribution < -0.4 is 5.32 Å². The van der Waals surface area contributed by atoms with Crippen LogP contribution in [0.25, 0.3) is 0 Å². The van der Waals surface area contributed by atoms with Gasteiger partial charge in [-0.3, -0.25) is 4.99 Å². The molecule has 7 heteroatoms. The average molecular weight is 425 g/mol. The van der Waals surface area contributed by atoms with Crippen LogP contribution in [0.5, 0.6) is 0 Å². The molecule has 1 aromatic rings. The van der Waals surface area contributed by atoms with E-state index in [0.29, 0.717) is 6.10 Å². The van der Waals surface area contributed by atoms with Gasteiger partial charge in [0.2, 0.25) is 0 Å². The first-order chi connectivity index (χ1) is 14.1. The van der Waals surface area contributed by atoms with Gasteiger partial charge in [0.05, 0.1) is 18.3 Å². The monoisotopic (exact) mass is 424 g/mol. The van der Waals surface area contributed by atoms with Gasteiger partial charge >= 0.3 is 0 Å².